The zero-order valence-electron chi connectivity index (χ0n) is 8.17. The van der Waals surface area contributed by atoms with Gasteiger partial charge in [-0.2, -0.15) is 0 Å². The molecule has 0 spiro atoms. The summed E-state index contributed by atoms with van der Waals surface area (Å²) < 4.78 is 0. The highest BCUT2D eigenvalue weighted by molar-refractivity contribution is 5.49. The molecule has 0 bridgehead atoms. The van der Waals surface area contributed by atoms with Crippen LogP contribution in [0, 0.1) is 5.92 Å². The van der Waals surface area contributed by atoms with E-state index in [9.17, 15) is 0 Å². The van der Waals surface area contributed by atoms with Crippen LogP contribution in [0.3, 0.4) is 0 Å². The van der Waals surface area contributed by atoms with Gasteiger partial charge in [0, 0.05) is 11.2 Å². The van der Waals surface area contributed by atoms with Crippen molar-refractivity contribution in [1.29, 1.82) is 0 Å². The first-order valence-corrected chi connectivity index (χ1v) is 4.69. The van der Waals surface area contributed by atoms with Gasteiger partial charge in [0.15, 0.2) is 0 Å². The van der Waals surface area contributed by atoms with Crippen molar-refractivity contribution in [2.75, 3.05) is 5.73 Å². The lowest BCUT2D eigenvalue weighted by Gasteiger charge is -2.24. The molecule has 4 N–H and O–H groups in total. The number of nitrogens with two attached hydrogens (primary N) is 2. The Morgan fingerprint density at radius 3 is 2.85 bits per heavy atom. The molecule has 13 heavy (non-hydrogen) atoms. The largest absolute Gasteiger partial charge is 0.399 e. The van der Waals surface area contributed by atoms with Crippen molar-refractivity contribution in [3.05, 3.63) is 29.3 Å². The normalized spacial score (nSPS) is 31.8. The van der Waals surface area contributed by atoms with Crippen molar-refractivity contribution < 1.29 is 0 Å². The summed E-state index contributed by atoms with van der Waals surface area (Å²) in [6.07, 6.45) is 1.05. The minimum Gasteiger partial charge on any atom is -0.399 e. The average Bonchev–Trinajstić information content (AvgIpc) is 2.23. The van der Waals surface area contributed by atoms with E-state index in [2.05, 4.69) is 19.9 Å². The molecule has 0 fully saturated rings. The highest BCUT2D eigenvalue weighted by Gasteiger charge is 2.36. The van der Waals surface area contributed by atoms with Gasteiger partial charge in [-0.15, -0.1) is 0 Å². The third-order valence-corrected chi connectivity index (χ3v) is 3.26. The number of anilines is 1. The molecule has 1 aliphatic rings. The van der Waals surface area contributed by atoms with Crippen LogP contribution < -0.4 is 11.5 Å². The molecule has 1 aliphatic carbocycles. The van der Waals surface area contributed by atoms with Gasteiger partial charge in [-0.3, -0.25) is 0 Å². The third kappa shape index (κ3) is 1.13. The van der Waals surface area contributed by atoms with E-state index < -0.39 is 0 Å². The predicted molar refractivity (Wildman–Crippen MR) is 55.3 cm³/mol. The number of benzene rings is 1. The van der Waals surface area contributed by atoms with E-state index in [-0.39, 0.29) is 5.54 Å². The molecule has 2 unspecified atom stereocenters. The average molecular weight is 176 g/mol. The monoisotopic (exact) mass is 176 g/mol. The van der Waals surface area contributed by atoms with Gasteiger partial charge in [0.25, 0.3) is 0 Å². The summed E-state index contributed by atoms with van der Waals surface area (Å²) in [5, 5.41) is 0. The van der Waals surface area contributed by atoms with Gasteiger partial charge in [0.1, 0.15) is 0 Å². The topological polar surface area (TPSA) is 52.0 Å². The molecule has 0 amide bonds. The van der Waals surface area contributed by atoms with Crippen LogP contribution in [0.1, 0.15) is 25.0 Å². The van der Waals surface area contributed by atoms with Gasteiger partial charge in [-0.1, -0.05) is 13.0 Å². The van der Waals surface area contributed by atoms with E-state index in [1.807, 2.05) is 12.1 Å². The fourth-order valence-corrected chi connectivity index (χ4v) is 2.12. The van der Waals surface area contributed by atoms with Crippen molar-refractivity contribution in [3.63, 3.8) is 0 Å². The van der Waals surface area contributed by atoms with Gasteiger partial charge in [0.05, 0.1) is 0 Å². The molecule has 0 aliphatic heterocycles. The second kappa shape index (κ2) is 2.48. The van der Waals surface area contributed by atoms with E-state index in [1.54, 1.807) is 0 Å². The van der Waals surface area contributed by atoms with Crippen LogP contribution in [0.2, 0.25) is 0 Å². The zero-order valence-corrected chi connectivity index (χ0v) is 8.17. The maximum absolute atomic E-state index is 6.24. The van der Waals surface area contributed by atoms with E-state index >= 15 is 0 Å². The first kappa shape index (κ1) is 8.57. The Balaban J connectivity index is 2.55. The summed E-state index contributed by atoms with van der Waals surface area (Å²) in [6.45, 7) is 4.29. The van der Waals surface area contributed by atoms with Crippen LogP contribution in [-0.2, 0) is 12.0 Å². The fourth-order valence-electron chi connectivity index (χ4n) is 2.12. The number of hydrogen-bond acceptors (Lipinski definition) is 2. The van der Waals surface area contributed by atoms with Crippen molar-refractivity contribution in [2.45, 2.75) is 25.8 Å². The van der Waals surface area contributed by atoms with Crippen LogP contribution in [0.5, 0.6) is 0 Å². The van der Waals surface area contributed by atoms with Gasteiger partial charge in [0.2, 0.25) is 0 Å². The first-order chi connectivity index (χ1) is 6.01. The molecule has 0 aromatic heterocycles. The maximum atomic E-state index is 6.24. The molecule has 1 aromatic rings. The molecule has 2 nitrogen and oxygen atoms in total. The summed E-state index contributed by atoms with van der Waals surface area (Å²) in [7, 11) is 0. The molecule has 1 aromatic carbocycles. The Labute approximate surface area is 78.9 Å². The summed E-state index contributed by atoms with van der Waals surface area (Å²) >= 11 is 0. The molecule has 0 heterocycles. The van der Waals surface area contributed by atoms with Gasteiger partial charge in [-0.05, 0) is 42.5 Å². The Morgan fingerprint density at radius 2 is 2.15 bits per heavy atom. The van der Waals surface area contributed by atoms with Crippen LogP contribution in [0.15, 0.2) is 18.2 Å². The molecule has 2 rings (SSSR count). The maximum Gasteiger partial charge on any atom is 0.0412 e. The van der Waals surface area contributed by atoms with Crippen LogP contribution in [0.4, 0.5) is 5.69 Å². The Kier molecular flexibility index (Phi) is 1.64. The lowest BCUT2D eigenvalue weighted by Crippen LogP contribution is -2.36. The van der Waals surface area contributed by atoms with Crippen molar-refractivity contribution >= 4 is 5.69 Å². The van der Waals surface area contributed by atoms with Crippen LogP contribution in [0.25, 0.3) is 0 Å². The molecule has 2 atom stereocenters. The van der Waals surface area contributed by atoms with Gasteiger partial charge in [-0.25, -0.2) is 0 Å². The highest BCUT2D eigenvalue weighted by atomic mass is 14.8. The first-order valence-electron chi connectivity index (χ1n) is 4.69. The number of rotatable bonds is 0. The molecule has 2 heteroatoms. The molecular weight excluding hydrogens is 160 g/mol. The van der Waals surface area contributed by atoms with Crippen molar-refractivity contribution in [2.24, 2.45) is 11.7 Å². The molecule has 0 radical (unpaired) electrons. The fraction of sp³-hybridized carbons (Fsp3) is 0.455. The van der Waals surface area contributed by atoms with Gasteiger partial charge >= 0.3 is 0 Å². The standard InChI is InChI=1S/C11H16N2/c1-7-5-8-6-9(12)3-4-10(8)11(7,2)13/h3-4,6-7H,5,12-13H2,1-2H3. The number of nitrogen functional groups attached to an aromatic ring is 1. The summed E-state index contributed by atoms with van der Waals surface area (Å²) in [5.74, 6) is 0.504. The summed E-state index contributed by atoms with van der Waals surface area (Å²) in [6, 6.07) is 6.04. The smallest absolute Gasteiger partial charge is 0.0412 e. The molecule has 0 saturated carbocycles. The summed E-state index contributed by atoms with van der Waals surface area (Å²) in [4.78, 5) is 0. The van der Waals surface area contributed by atoms with Gasteiger partial charge < -0.3 is 11.5 Å². The van der Waals surface area contributed by atoms with Crippen LogP contribution in [-0.4, -0.2) is 0 Å². The summed E-state index contributed by atoms with van der Waals surface area (Å²) in [5.41, 5.74) is 15.2. The second-order valence-electron chi connectivity index (χ2n) is 4.30. The number of hydrogen-bond donors (Lipinski definition) is 2. The quantitative estimate of drug-likeness (QED) is 0.590. The van der Waals surface area contributed by atoms with Crippen molar-refractivity contribution in [1.82, 2.24) is 0 Å². The predicted octanol–water partition coefficient (Wildman–Crippen LogP) is 1.63. The zero-order chi connectivity index (χ0) is 9.64. The van der Waals surface area contributed by atoms with E-state index in [0.717, 1.165) is 12.1 Å². The Bertz CT molecular complexity index is 342. The van der Waals surface area contributed by atoms with E-state index in [0.29, 0.717) is 5.92 Å². The highest BCUT2D eigenvalue weighted by Crippen LogP contribution is 2.39. The van der Waals surface area contributed by atoms with E-state index in [1.165, 1.54) is 11.1 Å². The lowest BCUT2D eigenvalue weighted by atomic mass is 9.88. The third-order valence-electron chi connectivity index (χ3n) is 3.26. The Hall–Kier alpha value is -1.02. The minimum absolute atomic E-state index is 0.178. The SMILES string of the molecule is CC1Cc2cc(N)ccc2C1(C)N. The molecule has 0 saturated heterocycles. The van der Waals surface area contributed by atoms with Crippen LogP contribution >= 0.6 is 0 Å². The number of fused-ring (bicyclic) bond motifs is 1. The molecular formula is C11H16N2. The lowest BCUT2D eigenvalue weighted by molar-refractivity contribution is 0.358. The second-order valence-corrected chi connectivity index (χ2v) is 4.30. The van der Waals surface area contributed by atoms with Crippen molar-refractivity contribution in [3.8, 4) is 0 Å². The Morgan fingerprint density at radius 1 is 1.46 bits per heavy atom. The van der Waals surface area contributed by atoms with E-state index in [4.69, 9.17) is 11.5 Å². The molecule has 70 valence electrons. The minimum atomic E-state index is -0.178.